The highest BCUT2D eigenvalue weighted by molar-refractivity contribution is 7.89. The predicted molar refractivity (Wildman–Crippen MR) is 108 cm³/mol. The second kappa shape index (κ2) is 6.00. The van der Waals surface area contributed by atoms with Gasteiger partial charge in [0.25, 0.3) is 0 Å². The van der Waals surface area contributed by atoms with E-state index in [1.807, 2.05) is 30.3 Å². The Kier molecular flexibility index (Phi) is 3.83. The molecule has 0 spiro atoms. The highest BCUT2D eigenvalue weighted by Crippen LogP contribution is 2.69. The first-order valence-electron chi connectivity index (χ1n) is 9.76. The van der Waals surface area contributed by atoms with Crippen LogP contribution in [0.5, 0.6) is 0 Å². The maximum Gasteiger partial charge on any atom is 0.238 e. The van der Waals surface area contributed by atoms with Gasteiger partial charge in [-0.15, -0.1) is 0 Å². The molecule has 7 heteroatoms. The van der Waals surface area contributed by atoms with Crippen molar-refractivity contribution in [1.82, 2.24) is 10.1 Å². The van der Waals surface area contributed by atoms with Gasteiger partial charge in [0.1, 0.15) is 0 Å². The van der Waals surface area contributed by atoms with Gasteiger partial charge in [0.05, 0.1) is 16.2 Å². The molecular weight excluding hydrogens is 386 g/mol. The van der Waals surface area contributed by atoms with Gasteiger partial charge in [-0.1, -0.05) is 61.5 Å². The predicted octanol–water partition coefficient (Wildman–Crippen LogP) is 3.70. The summed E-state index contributed by atoms with van der Waals surface area (Å²) in [6, 6.07) is 17.1. The summed E-state index contributed by atoms with van der Waals surface area (Å²) in [6.07, 6.45) is 2.06. The molecule has 0 aliphatic heterocycles. The van der Waals surface area contributed by atoms with Crippen molar-refractivity contribution in [3.8, 4) is 0 Å². The first-order chi connectivity index (χ1) is 13.7. The van der Waals surface area contributed by atoms with Crippen molar-refractivity contribution in [3.05, 3.63) is 77.4 Å². The molecule has 1 aromatic heterocycles. The first kappa shape index (κ1) is 18.5. The zero-order chi connectivity index (χ0) is 20.4. The molecule has 150 valence electrons. The first-order valence-corrected chi connectivity index (χ1v) is 11.3. The minimum absolute atomic E-state index is 0.0453. The number of nitrogens with two attached hydrogens (primary N) is 1. The van der Waals surface area contributed by atoms with Crippen LogP contribution in [-0.4, -0.2) is 18.6 Å². The average molecular weight is 410 g/mol. The summed E-state index contributed by atoms with van der Waals surface area (Å²) < 4.78 is 28.7. The molecule has 2 aromatic carbocycles. The summed E-state index contributed by atoms with van der Waals surface area (Å²) in [5.74, 6) is 1.73. The van der Waals surface area contributed by atoms with Gasteiger partial charge in [0.2, 0.25) is 15.9 Å². The Morgan fingerprint density at radius 3 is 2.24 bits per heavy atom. The van der Waals surface area contributed by atoms with E-state index in [4.69, 9.17) is 14.6 Å². The standard InChI is InChI=1S/C22H23N3O3S/c1-21(2)17(14-8-10-16(11-9-14)29(23,26)27)18(21)19-24-20(25-28-19)22(12-13-22)15-6-4-3-5-7-15/h3-11,17-18H,12-13H2,1-2H3,(H2,23,26,27)/t17-,18+/m1/s1. The number of aromatic nitrogens is 2. The molecule has 29 heavy (non-hydrogen) atoms. The molecule has 1 heterocycles. The van der Waals surface area contributed by atoms with Crippen molar-refractivity contribution < 1.29 is 12.9 Å². The molecule has 6 nitrogen and oxygen atoms in total. The van der Waals surface area contributed by atoms with Gasteiger partial charge in [-0.3, -0.25) is 0 Å². The maximum atomic E-state index is 11.5. The Morgan fingerprint density at radius 2 is 1.66 bits per heavy atom. The molecule has 2 atom stereocenters. The second-order valence-electron chi connectivity index (χ2n) is 8.80. The second-order valence-corrected chi connectivity index (χ2v) is 10.4. The normalized spacial score (nSPS) is 24.2. The van der Waals surface area contributed by atoms with Crippen molar-refractivity contribution in [2.24, 2.45) is 10.6 Å². The van der Waals surface area contributed by atoms with Gasteiger partial charge >= 0.3 is 0 Å². The van der Waals surface area contributed by atoms with E-state index in [0.717, 1.165) is 24.2 Å². The van der Waals surface area contributed by atoms with E-state index in [-0.39, 0.29) is 27.6 Å². The zero-order valence-corrected chi connectivity index (χ0v) is 17.2. The Balaban J connectivity index is 1.43. The van der Waals surface area contributed by atoms with E-state index in [1.165, 1.54) is 5.56 Å². The van der Waals surface area contributed by atoms with Crippen LogP contribution in [0.3, 0.4) is 0 Å². The lowest BCUT2D eigenvalue weighted by Gasteiger charge is -2.10. The van der Waals surface area contributed by atoms with Crippen LogP contribution in [0.4, 0.5) is 0 Å². The Bertz CT molecular complexity index is 1160. The molecule has 2 fully saturated rings. The number of hydrogen-bond donors (Lipinski definition) is 1. The lowest BCUT2D eigenvalue weighted by atomic mass is 9.95. The van der Waals surface area contributed by atoms with Crippen molar-refractivity contribution in [2.75, 3.05) is 0 Å². The molecule has 2 aliphatic rings. The van der Waals surface area contributed by atoms with Gasteiger partial charge in [0, 0.05) is 5.92 Å². The highest BCUT2D eigenvalue weighted by atomic mass is 32.2. The van der Waals surface area contributed by atoms with Crippen LogP contribution in [0.25, 0.3) is 0 Å². The smallest absolute Gasteiger partial charge is 0.238 e. The van der Waals surface area contributed by atoms with Crippen molar-refractivity contribution in [1.29, 1.82) is 0 Å². The van der Waals surface area contributed by atoms with E-state index in [2.05, 4.69) is 31.1 Å². The summed E-state index contributed by atoms with van der Waals surface area (Å²) in [6.45, 7) is 4.34. The molecular formula is C22H23N3O3S. The molecule has 5 rings (SSSR count). The van der Waals surface area contributed by atoms with Crippen molar-refractivity contribution >= 4 is 10.0 Å². The number of nitrogens with zero attached hydrogens (tertiary/aromatic N) is 2. The number of benzene rings is 2. The molecule has 2 aliphatic carbocycles. The Labute approximate surface area is 170 Å². The van der Waals surface area contributed by atoms with Crippen LogP contribution >= 0.6 is 0 Å². The SMILES string of the molecule is CC1(C)[C@H](c2ccc(S(N)(=O)=O)cc2)[C@H]1c1nc(C2(c3ccccc3)CC2)no1. The third-order valence-corrected chi connectivity index (χ3v) is 7.54. The number of rotatable bonds is 5. The van der Waals surface area contributed by atoms with Gasteiger partial charge in [-0.05, 0) is 41.5 Å². The largest absolute Gasteiger partial charge is 0.339 e. The number of sulfonamides is 1. The summed E-state index contributed by atoms with van der Waals surface area (Å²) in [4.78, 5) is 4.94. The van der Waals surface area contributed by atoms with E-state index < -0.39 is 10.0 Å². The lowest BCUT2D eigenvalue weighted by Crippen LogP contribution is -2.11. The van der Waals surface area contributed by atoms with Crippen LogP contribution in [0.1, 0.15) is 61.4 Å². The maximum absolute atomic E-state index is 11.5. The fourth-order valence-corrected chi connectivity index (χ4v) is 5.18. The molecule has 0 radical (unpaired) electrons. The molecule has 3 aromatic rings. The van der Waals surface area contributed by atoms with Crippen LogP contribution in [0.15, 0.2) is 64.0 Å². The van der Waals surface area contributed by atoms with E-state index >= 15 is 0 Å². The van der Waals surface area contributed by atoms with Gasteiger partial charge in [-0.25, -0.2) is 13.6 Å². The molecule has 2 saturated carbocycles. The van der Waals surface area contributed by atoms with Crippen LogP contribution < -0.4 is 5.14 Å². The topological polar surface area (TPSA) is 99.1 Å². The fraction of sp³-hybridized carbons (Fsp3) is 0.364. The van der Waals surface area contributed by atoms with Crippen molar-refractivity contribution in [3.63, 3.8) is 0 Å². The summed E-state index contributed by atoms with van der Waals surface area (Å²) in [7, 11) is -3.69. The van der Waals surface area contributed by atoms with Gasteiger partial charge < -0.3 is 4.52 Å². The lowest BCUT2D eigenvalue weighted by molar-refractivity contribution is 0.361. The van der Waals surface area contributed by atoms with Crippen LogP contribution in [0, 0.1) is 5.41 Å². The van der Waals surface area contributed by atoms with E-state index in [0.29, 0.717) is 5.89 Å². The van der Waals surface area contributed by atoms with E-state index in [9.17, 15) is 8.42 Å². The molecule has 2 N–H and O–H groups in total. The van der Waals surface area contributed by atoms with Gasteiger partial charge in [0.15, 0.2) is 5.82 Å². The third-order valence-electron chi connectivity index (χ3n) is 6.61. The Morgan fingerprint density at radius 1 is 1.00 bits per heavy atom. The summed E-state index contributed by atoms with van der Waals surface area (Å²) >= 11 is 0. The zero-order valence-electron chi connectivity index (χ0n) is 16.4. The van der Waals surface area contributed by atoms with Crippen LogP contribution in [-0.2, 0) is 15.4 Å². The van der Waals surface area contributed by atoms with Gasteiger partial charge in [-0.2, -0.15) is 4.98 Å². The average Bonchev–Trinajstić information content (AvgIpc) is 3.54. The highest BCUT2D eigenvalue weighted by Gasteiger charge is 2.62. The number of hydrogen-bond acceptors (Lipinski definition) is 5. The minimum atomic E-state index is -3.69. The Hall–Kier alpha value is -2.51. The van der Waals surface area contributed by atoms with E-state index in [1.54, 1.807) is 12.1 Å². The monoisotopic (exact) mass is 409 g/mol. The third kappa shape index (κ3) is 2.91. The fourth-order valence-electron chi connectivity index (χ4n) is 4.67. The van der Waals surface area contributed by atoms with Crippen molar-refractivity contribution in [2.45, 2.75) is 48.8 Å². The molecule has 0 bridgehead atoms. The molecule has 0 amide bonds. The molecule has 0 unspecified atom stereocenters. The quantitative estimate of drug-likeness (QED) is 0.693. The summed E-state index contributed by atoms with van der Waals surface area (Å²) in [5.41, 5.74) is 2.12. The molecule has 0 saturated heterocycles. The minimum Gasteiger partial charge on any atom is -0.339 e. The number of primary sulfonamides is 1. The summed E-state index contributed by atoms with van der Waals surface area (Å²) in [5, 5.41) is 9.55. The van der Waals surface area contributed by atoms with Crippen LogP contribution in [0.2, 0.25) is 0 Å².